The van der Waals surface area contributed by atoms with E-state index in [9.17, 15) is 9.00 Å². The monoisotopic (exact) mass is 339 g/mol. The lowest BCUT2D eigenvalue weighted by molar-refractivity contribution is -0.104. The summed E-state index contributed by atoms with van der Waals surface area (Å²) in [4.78, 5) is 14.8. The average molecular weight is 339 g/mol. The van der Waals surface area contributed by atoms with Crippen molar-refractivity contribution in [3.05, 3.63) is 23.5 Å². The van der Waals surface area contributed by atoms with Gasteiger partial charge in [-0.2, -0.15) is 0 Å². The third-order valence-corrected chi connectivity index (χ3v) is 6.80. The summed E-state index contributed by atoms with van der Waals surface area (Å²) in [5.74, 6) is 0.809. The highest BCUT2D eigenvalue weighted by atomic mass is 32.2. The second-order valence-corrected chi connectivity index (χ2v) is 9.06. The van der Waals surface area contributed by atoms with Gasteiger partial charge >= 0.3 is 0 Å². The Hall–Kier alpha value is -1.34. The lowest BCUT2D eigenvalue weighted by Gasteiger charge is -2.45. The van der Waals surface area contributed by atoms with Gasteiger partial charge in [-0.25, -0.2) is 4.21 Å². The number of nitrogens with one attached hydrogen (secondary N) is 1. The van der Waals surface area contributed by atoms with Crippen molar-refractivity contribution in [2.24, 2.45) is 7.05 Å². The van der Waals surface area contributed by atoms with E-state index >= 15 is 0 Å². The van der Waals surface area contributed by atoms with Crippen molar-refractivity contribution in [1.29, 1.82) is 4.78 Å². The molecule has 7 heteroatoms. The molecule has 0 aromatic carbocycles. The number of aryl methyl sites for hydroxylation is 1. The summed E-state index contributed by atoms with van der Waals surface area (Å²) in [5, 5.41) is 0. The van der Waals surface area contributed by atoms with Gasteiger partial charge in [0.25, 0.3) is 5.91 Å². The summed E-state index contributed by atoms with van der Waals surface area (Å²) >= 11 is 0. The molecular formula is C16H25N3O3S. The van der Waals surface area contributed by atoms with Gasteiger partial charge in [-0.3, -0.25) is 9.57 Å². The molecule has 2 aliphatic rings. The highest BCUT2D eigenvalue weighted by molar-refractivity contribution is 7.92. The Kier molecular flexibility index (Phi) is 4.27. The first-order valence-corrected chi connectivity index (χ1v) is 10.1. The number of nitrogens with zero attached hydrogens (tertiary/aromatic N) is 2. The molecule has 3 rings (SSSR count). The van der Waals surface area contributed by atoms with Gasteiger partial charge in [-0.15, -0.1) is 0 Å². The fourth-order valence-electron chi connectivity index (χ4n) is 3.62. The molecule has 0 aliphatic carbocycles. The Morgan fingerprint density at radius 3 is 2.78 bits per heavy atom. The van der Waals surface area contributed by atoms with Crippen LogP contribution in [0.15, 0.2) is 12.3 Å². The molecule has 0 bridgehead atoms. The smallest absolute Gasteiger partial charge is 0.255 e. The van der Waals surface area contributed by atoms with Crippen LogP contribution in [0.3, 0.4) is 0 Å². The standard InChI is InChI=1S/C16H25N3O3S/c1-3-14-13(4-7-18(14)2)15(20)19-8-9-22-16(12-19)5-10-23(17,21)11-6-16/h4,7,17H,3,5-6,8-12H2,1-2H3. The summed E-state index contributed by atoms with van der Waals surface area (Å²) in [6, 6.07) is 1.89. The molecular weight excluding hydrogens is 314 g/mol. The number of ether oxygens (including phenoxy) is 1. The Bertz CT molecular complexity index is 694. The largest absolute Gasteiger partial charge is 0.371 e. The van der Waals surface area contributed by atoms with Crippen LogP contribution in [-0.4, -0.2) is 56.4 Å². The van der Waals surface area contributed by atoms with Crippen LogP contribution in [0.1, 0.15) is 35.8 Å². The van der Waals surface area contributed by atoms with Crippen molar-refractivity contribution in [2.45, 2.75) is 31.8 Å². The van der Waals surface area contributed by atoms with Gasteiger partial charge in [0.2, 0.25) is 0 Å². The quantitative estimate of drug-likeness (QED) is 0.890. The fourth-order valence-corrected chi connectivity index (χ4v) is 5.22. The molecule has 1 aromatic heterocycles. The minimum absolute atomic E-state index is 0.0577. The van der Waals surface area contributed by atoms with Crippen LogP contribution in [-0.2, 0) is 27.9 Å². The van der Waals surface area contributed by atoms with E-state index in [0.717, 1.165) is 17.7 Å². The SMILES string of the molecule is CCc1c(C(=O)N2CCOC3(CCS(=N)(=O)CC3)C2)ccn1C. The molecule has 1 spiro atoms. The molecule has 2 saturated heterocycles. The first kappa shape index (κ1) is 16.5. The summed E-state index contributed by atoms with van der Waals surface area (Å²) in [6.45, 7) is 3.70. The number of hydrogen-bond donors (Lipinski definition) is 1. The van der Waals surface area contributed by atoms with Crippen LogP contribution in [0, 0.1) is 4.78 Å². The molecule has 23 heavy (non-hydrogen) atoms. The molecule has 0 unspecified atom stereocenters. The first-order chi connectivity index (χ1) is 10.9. The number of morpholine rings is 1. The van der Waals surface area contributed by atoms with Gasteiger partial charge in [0.05, 0.1) is 24.3 Å². The van der Waals surface area contributed by atoms with Gasteiger partial charge in [0.1, 0.15) is 0 Å². The minimum Gasteiger partial charge on any atom is -0.371 e. The number of aromatic nitrogens is 1. The molecule has 3 heterocycles. The second-order valence-electron chi connectivity index (χ2n) is 6.62. The molecule has 1 amide bonds. The lowest BCUT2D eigenvalue weighted by Crippen LogP contribution is -2.56. The topological polar surface area (TPSA) is 75.4 Å². The number of hydrogen-bond acceptors (Lipinski definition) is 4. The van der Waals surface area contributed by atoms with Crippen LogP contribution in [0.2, 0.25) is 0 Å². The Balaban J connectivity index is 1.77. The van der Waals surface area contributed by atoms with E-state index in [1.807, 2.05) is 28.8 Å². The van der Waals surface area contributed by atoms with Crippen LogP contribution in [0.4, 0.5) is 0 Å². The molecule has 6 nitrogen and oxygen atoms in total. The maximum absolute atomic E-state index is 12.9. The zero-order chi connectivity index (χ0) is 16.7. The molecule has 0 radical (unpaired) electrons. The molecule has 2 aliphatic heterocycles. The van der Waals surface area contributed by atoms with E-state index in [2.05, 4.69) is 6.92 Å². The maximum atomic E-state index is 12.9. The van der Waals surface area contributed by atoms with Crippen molar-refractivity contribution in [1.82, 2.24) is 9.47 Å². The minimum atomic E-state index is -2.44. The van der Waals surface area contributed by atoms with Gasteiger partial charge in [-0.05, 0) is 25.3 Å². The van der Waals surface area contributed by atoms with Crippen LogP contribution < -0.4 is 0 Å². The third kappa shape index (κ3) is 3.17. The van der Waals surface area contributed by atoms with Gasteiger partial charge < -0.3 is 14.2 Å². The molecule has 0 atom stereocenters. The molecule has 1 N–H and O–H groups in total. The van der Waals surface area contributed by atoms with Gasteiger partial charge in [-0.1, -0.05) is 6.92 Å². The van der Waals surface area contributed by atoms with E-state index in [4.69, 9.17) is 9.52 Å². The van der Waals surface area contributed by atoms with E-state index in [0.29, 0.717) is 44.0 Å². The Morgan fingerprint density at radius 2 is 2.13 bits per heavy atom. The van der Waals surface area contributed by atoms with Gasteiger partial charge in [0, 0.05) is 46.7 Å². The fraction of sp³-hybridized carbons (Fsp3) is 0.688. The molecule has 2 fully saturated rings. The highest BCUT2D eigenvalue weighted by Gasteiger charge is 2.42. The predicted octanol–water partition coefficient (Wildman–Crippen LogP) is 1.64. The van der Waals surface area contributed by atoms with E-state index < -0.39 is 15.3 Å². The van der Waals surface area contributed by atoms with Crippen LogP contribution in [0.5, 0.6) is 0 Å². The normalized spacial score (nSPS) is 31.5. The van der Waals surface area contributed by atoms with Crippen molar-refractivity contribution in [2.75, 3.05) is 31.2 Å². The van der Waals surface area contributed by atoms with Crippen molar-refractivity contribution in [3.8, 4) is 0 Å². The van der Waals surface area contributed by atoms with Crippen LogP contribution >= 0.6 is 0 Å². The Labute approximate surface area is 137 Å². The van der Waals surface area contributed by atoms with Crippen molar-refractivity contribution >= 4 is 15.6 Å². The van der Waals surface area contributed by atoms with E-state index in [1.54, 1.807) is 0 Å². The number of carbonyl (C=O) groups excluding carboxylic acids is 1. The van der Waals surface area contributed by atoms with Crippen molar-refractivity contribution < 1.29 is 13.7 Å². The zero-order valence-corrected chi connectivity index (χ0v) is 14.7. The van der Waals surface area contributed by atoms with E-state index in [1.165, 1.54) is 0 Å². The van der Waals surface area contributed by atoms with Crippen molar-refractivity contribution in [3.63, 3.8) is 0 Å². The predicted molar refractivity (Wildman–Crippen MR) is 89.2 cm³/mol. The average Bonchev–Trinajstić information content (AvgIpc) is 2.91. The number of carbonyl (C=O) groups is 1. The summed E-state index contributed by atoms with van der Waals surface area (Å²) in [7, 11) is -0.481. The molecule has 1 aromatic rings. The highest BCUT2D eigenvalue weighted by Crippen LogP contribution is 2.32. The third-order valence-electron chi connectivity index (χ3n) is 5.08. The zero-order valence-electron chi connectivity index (χ0n) is 13.8. The maximum Gasteiger partial charge on any atom is 0.255 e. The Morgan fingerprint density at radius 1 is 1.43 bits per heavy atom. The first-order valence-electron chi connectivity index (χ1n) is 8.17. The summed E-state index contributed by atoms with van der Waals surface area (Å²) in [5.41, 5.74) is 1.41. The molecule has 0 saturated carbocycles. The molecule has 128 valence electrons. The number of rotatable bonds is 2. The number of amides is 1. The van der Waals surface area contributed by atoms with Gasteiger partial charge in [0.15, 0.2) is 0 Å². The van der Waals surface area contributed by atoms with Crippen LogP contribution in [0.25, 0.3) is 0 Å². The summed E-state index contributed by atoms with van der Waals surface area (Å²) in [6.07, 6.45) is 3.96. The summed E-state index contributed by atoms with van der Waals surface area (Å²) < 4.78 is 27.6. The second kappa shape index (κ2) is 5.94. The lowest BCUT2D eigenvalue weighted by atomic mass is 9.94. The van der Waals surface area contributed by atoms with E-state index in [-0.39, 0.29) is 5.91 Å².